The summed E-state index contributed by atoms with van der Waals surface area (Å²) in [5, 5.41) is 3.27. The molecule has 0 bridgehead atoms. The highest BCUT2D eigenvalue weighted by Crippen LogP contribution is 2.22. The molecule has 80 valence electrons. The third-order valence-electron chi connectivity index (χ3n) is 2.76. The number of methoxy groups -OCH3 is 1. The molecule has 2 heterocycles. The lowest BCUT2D eigenvalue weighted by atomic mass is 10.1. The molecule has 5 heteroatoms. The normalized spacial score (nSPS) is 32.1. The van der Waals surface area contributed by atoms with E-state index in [2.05, 4.69) is 5.32 Å². The summed E-state index contributed by atoms with van der Waals surface area (Å²) in [6.45, 7) is 1.96. The Balaban J connectivity index is 1.95. The Kier molecular flexibility index (Phi) is 3.00. The molecule has 2 saturated heterocycles. The van der Waals surface area contributed by atoms with Gasteiger partial charge in [-0.25, -0.2) is 0 Å². The first kappa shape index (κ1) is 9.89. The van der Waals surface area contributed by atoms with Crippen molar-refractivity contribution in [3.05, 3.63) is 0 Å². The van der Waals surface area contributed by atoms with Crippen LogP contribution in [0.25, 0.3) is 0 Å². The van der Waals surface area contributed by atoms with Gasteiger partial charge in [-0.2, -0.15) is 0 Å². The second kappa shape index (κ2) is 4.25. The molecular formula is C9H16N2O3. The Labute approximate surface area is 83.3 Å². The fourth-order valence-corrected chi connectivity index (χ4v) is 2.09. The van der Waals surface area contributed by atoms with Crippen LogP contribution in [-0.4, -0.2) is 50.1 Å². The van der Waals surface area contributed by atoms with Gasteiger partial charge in [-0.1, -0.05) is 0 Å². The topological polar surface area (TPSA) is 50.8 Å². The summed E-state index contributed by atoms with van der Waals surface area (Å²) in [7, 11) is 1.60. The average Bonchev–Trinajstić information content (AvgIpc) is 2.66. The highest BCUT2D eigenvalue weighted by molar-refractivity contribution is 5.77. The fourth-order valence-electron chi connectivity index (χ4n) is 2.09. The maximum atomic E-state index is 11.5. The number of hydrogen-bond acceptors (Lipinski definition) is 4. The van der Waals surface area contributed by atoms with E-state index < -0.39 is 0 Å². The number of piperidine rings is 1. The first-order chi connectivity index (χ1) is 6.83. The molecule has 0 aromatic rings. The van der Waals surface area contributed by atoms with Crippen LogP contribution in [0.3, 0.4) is 0 Å². The molecule has 0 saturated carbocycles. The van der Waals surface area contributed by atoms with Gasteiger partial charge in [0, 0.05) is 26.6 Å². The molecule has 2 aliphatic heterocycles. The maximum absolute atomic E-state index is 11.5. The molecule has 0 aromatic heterocycles. The molecule has 0 unspecified atom stereocenters. The standard InChI is InChI=1S/C9H16N2O3/c1-13-6-14-7-2-3-8(12)11-5-4-10-9(7)11/h7,9-10H,2-6H2,1H3/t7-,9+/m1/s1. The molecule has 1 amide bonds. The van der Waals surface area contributed by atoms with Crippen molar-refractivity contribution in [1.29, 1.82) is 0 Å². The summed E-state index contributed by atoms with van der Waals surface area (Å²) in [5.41, 5.74) is 0. The van der Waals surface area contributed by atoms with Crippen LogP contribution in [0.5, 0.6) is 0 Å². The van der Waals surface area contributed by atoms with Crippen LogP contribution in [0.1, 0.15) is 12.8 Å². The molecule has 2 aliphatic rings. The van der Waals surface area contributed by atoms with E-state index in [4.69, 9.17) is 9.47 Å². The van der Waals surface area contributed by atoms with Crippen LogP contribution in [0.2, 0.25) is 0 Å². The van der Waals surface area contributed by atoms with Gasteiger partial charge in [0.2, 0.25) is 5.91 Å². The van der Waals surface area contributed by atoms with Gasteiger partial charge >= 0.3 is 0 Å². The molecule has 1 N–H and O–H groups in total. The number of rotatable bonds is 3. The van der Waals surface area contributed by atoms with Crippen LogP contribution in [0.15, 0.2) is 0 Å². The second-order valence-electron chi connectivity index (χ2n) is 3.64. The van der Waals surface area contributed by atoms with E-state index in [0.717, 1.165) is 19.5 Å². The van der Waals surface area contributed by atoms with Crippen LogP contribution >= 0.6 is 0 Å². The molecule has 5 nitrogen and oxygen atoms in total. The number of fused-ring (bicyclic) bond motifs is 1. The zero-order chi connectivity index (χ0) is 9.97. The number of nitrogens with zero attached hydrogens (tertiary/aromatic N) is 1. The van der Waals surface area contributed by atoms with E-state index in [-0.39, 0.29) is 18.2 Å². The summed E-state index contributed by atoms with van der Waals surface area (Å²) in [4.78, 5) is 13.4. The summed E-state index contributed by atoms with van der Waals surface area (Å²) in [5.74, 6) is 0.234. The molecule has 0 radical (unpaired) electrons. The number of hydrogen-bond donors (Lipinski definition) is 1. The number of nitrogens with one attached hydrogen (secondary N) is 1. The summed E-state index contributed by atoms with van der Waals surface area (Å²) >= 11 is 0. The molecular weight excluding hydrogens is 184 g/mol. The van der Waals surface area contributed by atoms with E-state index in [1.165, 1.54) is 0 Å². The summed E-state index contributed by atoms with van der Waals surface area (Å²) < 4.78 is 10.4. The van der Waals surface area contributed by atoms with Crippen molar-refractivity contribution in [1.82, 2.24) is 10.2 Å². The largest absolute Gasteiger partial charge is 0.359 e. The Morgan fingerprint density at radius 1 is 1.64 bits per heavy atom. The minimum atomic E-state index is 0.0615. The van der Waals surface area contributed by atoms with Crippen LogP contribution < -0.4 is 5.32 Å². The Morgan fingerprint density at radius 2 is 2.50 bits per heavy atom. The predicted octanol–water partition coefficient (Wildman–Crippen LogP) is -0.473. The molecule has 14 heavy (non-hydrogen) atoms. The van der Waals surface area contributed by atoms with Crippen LogP contribution in [0, 0.1) is 0 Å². The molecule has 2 rings (SSSR count). The Morgan fingerprint density at radius 3 is 3.29 bits per heavy atom. The lowest BCUT2D eigenvalue weighted by molar-refractivity contribution is -0.150. The van der Waals surface area contributed by atoms with Gasteiger partial charge in [0.15, 0.2) is 0 Å². The van der Waals surface area contributed by atoms with Crippen molar-refractivity contribution in [2.75, 3.05) is 27.0 Å². The van der Waals surface area contributed by atoms with Gasteiger partial charge in [-0.15, -0.1) is 0 Å². The lowest BCUT2D eigenvalue weighted by Crippen LogP contribution is -2.53. The smallest absolute Gasteiger partial charge is 0.224 e. The van der Waals surface area contributed by atoms with Gasteiger partial charge in [0.25, 0.3) is 0 Å². The van der Waals surface area contributed by atoms with Crippen LogP contribution in [0.4, 0.5) is 0 Å². The minimum Gasteiger partial charge on any atom is -0.359 e. The molecule has 0 aliphatic carbocycles. The SMILES string of the molecule is COCO[C@@H]1CCC(=O)N2CCN[C@H]12. The summed E-state index contributed by atoms with van der Waals surface area (Å²) in [6.07, 6.45) is 1.52. The molecule has 2 atom stereocenters. The van der Waals surface area contributed by atoms with Crippen molar-refractivity contribution < 1.29 is 14.3 Å². The van der Waals surface area contributed by atoms with Crippen molar-refractivity contribution in [3.63, 3.8) is 0 Å². The van der Waals surface area contributed by atoms with Gasteiger partial charge < -0.3 is 14.4 Å². The first-order valence-corrected chi connectivity index (χ1v) is 4.96. The predicted molar refractivity (Wildman–Crippen MR) is 49.5 cm³/mol. The molecule has 2 fully saturated rings. The van der Waals surface area contributed by atoms with Gasteiger partial charge in [-0.3, -0.25) is 10.1 Å². The molecule has 0 spiro atoms. The number of amides is 1. The highest BCUT2D eigenvalue weighted by Gasteiger charge is 2.39. The Bertz CT molecular complexity index is 222. The van der Waals surface area contributed by atoms with E-state index in [9.17, 15) is 4.79 Å². The van der Waals surface area contributed by atoms with Crippen LogP contribution in [-0.2, 0) is 14.3 Å². The quantitative estimate of drug-likeness (QED) is 0.626. The van der Waals surface area contributed by atoms with Gasteiger partial charge in [-0.05, 0) is 6.42 Å². The first-order valence-electron chi connectivity index (χ1n) is 4.96. The molecule has 0 aromatic carbocycles. The fraction of sp³-hybridized carbons (Fsp3) is 0.889. The number of carbonyl (C=O) groups is 1. The lowest BCUT2D eigenvalue weighted by Gasteiger charge is -2.35. The van der Waals surface area contributed by atoms with Gasteiger partial charge in [0.05, 0.1) is 6.10 Å². The zero-order valence-corrected chi connectivity index (χ0v) is 8.36. The Hall–Kier alpha value is -0.650. The van der Waals surface area contributed by atoms with Crippen molar-refractivity contribution in [2.24, 2.45) is 0 Å². The summed E-state index contributed by atoms with van der Waals surface area (Å²) in [6, 6.07) is 0. The average molecular weight is 200 g/mol. The maximum Gasteiger partial charge on any atom is 0.224 e. The van der Waals surface area contributed by atoms with E-state index >= 15 is 0 Å². The minimum absolute atomic E-state index is 0.0615. The third-order valence-corrected chi connectivity index (χ3v) is 2.76. The van der Waals surface area contributed by atoms with Crippen molar-refractivity contribution >= 4 is 5.91 Å². The van der Waals surface area contributed by atoms with E-state index in [1.807, 2.05) is 4.90 Å². The highest BCUT2D eigenvalue weighted by atomic mass is 16.7. The third kappa shape index (κ3) is 1.75. The second-order valence-corrected chi connectivity index (χ2v) is 3.64. The van der Waals surface area contributed by atoms with Crippen molar-refractivity contribution in [3.8, 4) is 0 Å². The monoisotopic (exact) mass is 200 g/mol. The zero-order valence-electron chi connectivity index (χ0n) is 8.36. The van der Waals surface area contributed by atoms with Gasteiger partial charge in [0.1, 0.15) is 13.0 Å². The van der Waals surface area contributed by atoms with E-state index in [0.29, 0.717) is 13.2 Å². The van der Waals surface area contributed by atoms with E-state index in [1.54, 1.807) is 7.11 Å². The number of ether oxygens (including phenoxy) is 2. The number of carbonyl (C=O) groups excluding carboxylic acids is 1. The van der Waals surface area contributed by atoms with Crippen molar-refractivity contribution in [2.45, 2.75) is 25.1 Å².